The van der Waals surface area contributed by atoms with Gasteiger partial charge in [-0.1, -0.05) is 12.1 Å². The molecule has 0 atom stereocenters. The van der Waals surface area contributed by atoms with E-state index < -0.39 is 12.6 Å². The Morgan fingerprint density at radius 2 is 2.36 bits per heavy atom. The summed E-state index contributed by atoms with van der Waals surface area (Å²) in [6, 6.07) is 7.02. The minimum Gasteiger partial charge on any atom is -0.480 e. The molecule has 0 fully saturated rings. The Bertz CT molecular complexity index is 393. The van der Waals surface area contributed by atoms with Crippen molar-refractivity contribution in [1.29, 1.82) is 5.26 Å². The molecule has 1 N–H and O–H groups in total. The lowest BCUT2D eigenvalue weighted by Gasteiger charge is -2.07. The van der Waals surface area contributed by atoms with E-state index in [1.54, 1.807) is 25.1 Å². The fourth-order valence-electron chi connectivity index (χ4n) is 1.07. The number of benzene rings is 1. The van der Waals surface area contributed by atoms with E-state index in [2.05, 4.69) is 0 Å². The van der Waals surface area contributed by atoms with Gasteiger partial charge in [0.15, 0.2) is 6.61 Å². The van der Waals surface area contributed by atoms with Gasteiger partial charge >= 0.3 is 5.97 Å². The highest BCUT2D eigenvalue weighted by molar-refractivity contribution is 5.68. The predicted molar refractivity (Wildman–Crippen MR) is 49.0 cm³/mol. The van der Waals surface area contributed by atoms with Gasteiger partial charge in [0.2, 0.25) is 0 Å². The highest BCUT2D eigenvalue weighted by Crippen LogP contribution is 2.22. The molecule has 0 saturated heterocycles. The van der Waals surface area contributed by atoms with Crippen molar-refractivity contribution in [3.05, 3.63) is 29.3 Å². The number of carbonyl (C=O) groups is 1. The number of carboxylic acids is 1. The van der Waals surface area contributed by atoms with Crippen molar-refractivity contribution in [2.75, 3.05) is 6.61 Å². The molecule has 0 unspecified atom stereocenters. The quantitative estimate of drug-likeness (QED) is 0.782. The summed E-state index contributed by atoms with van der Waals surface area (Å²) in [5.74, 6) is -0.713. The average molecular weight is 191 g/mol. The zero-order chi connectivity index (χ0) is 10.6. The Morgan fingerprint density at radius 3 is 2.93 bits per heavy atom. The maximum absolute atomic E-state index is 10.3. The molecule has 0 heterocycles. The molecule has 0 aliphatic rings. The Hall–Kier alpha value is -2.02. The number of hydrogen-bond acceptors (Lipinski definition) is 3. The maximum atomic E-state index is 10.3. The lowest BCUT2D eigenvalue weighted by Crippen LogP contribution is -2.10. The van der Waals surface area contributed by atoms with Crippen LogP contribution in [0.15, 0.2) is 18.2 Å². The highest BCUT2D eigenvalue weighted by atomic mass is 16.5. The number of aryl methyl sites for hydroxylation is 1. The first-order chi connectivity index (χ1) is 6.65. The van der Waals surface area contributed by atoms with Crippen molar-refractivity contribution in [2.24, 2.45) is 0 Å². The largest absolute Gasteiger partial charge is 0.480 e. The lowest BCUT2D eigenvalue weighted by atomic mass is 10.1. The number of para-hydroxylation sites is 1. The highest BCUT2D eigenvalue weighted by Gasteiger charge is 2.07. The van der Waals surface area contributed by atoms with Crippen LogP contribution in [0.25, 0.3) is 0 Å². The van der Waals surface area contributed by atoms with E-state index in [4.69, 9.17) is 15.1 Å². The van der Waals surface area contributed by atoms with Gasteiger partial charge in [0.25, 0.3) is 0 Å². The lowest BCUT2D eigenvalue weighted by molar-refractivity contribution is -0.139. The van der Waals surface area contributed by atoms with E-state index >= 15 is 0 Å². The van der Waals surface area contributed by atoms with E-state index in [0.717, 1.165) is 5.56 Å². The van der Waals surface area contributed by atoms with Gasteiger partial charge in [0.1, 0.15) is 11.8 Å². The third kappa shape index (κ3) is 2.23. The number of carboxylic acid groups (broad SMARTS) is 1. The zero-order valence-electron chi connectivity index (χ0n) is 7.65. The van der Waals surface area contributed by atoms with Crippen LogP contribution in [0.1, 0.15) is 11.1 Å². The molecule has 0 saturated carbocycles. The molecule has 1 aromatic carbocycles. The molecule has 4 heteroatoms. The fourth-order valence-corrected chi connectivity index (χ4v) is 1.07. The van der Waals surface area contributed by atoms with Crippen LogP contribution in [0.2, 0.25) is 0 Å². The van der Waals surface area contributed by atoms with Gasteiger partial charge < -0.3 is 9.84 Å². The summed E-state index contributed by atoms with van der Waals surface area (Å²) in [6.45, 7) is 1.33. The normalized spacial score (nSPS) is 9.14. The van der Waals surface area contributed by atoms with Crippen molar-refractivity contribution < 1.29 is 14.6 Å². The standard InChI is InChI=1S/C10H9NO3/c1-7-3-2-4-8(5-11)10(7)14-6-9(12)13/h2-4H,6H2,1H3,(H,12,13). The summed E-state index contributed by atoms with van der Waals surface area (Å²) < 4.78 is 5.00. The summed E-state index contributed by atoms with van der Waals surface area (Å²) in [4.78, 5) is 10.3. The van der Waals surface area contributed by atoms with Crippen LogP contribution in [0.3, 0.4) is 0 Å². The number of hydrogen-bond donors (Lipinski definition) is 1. The minimum absolute atomic E-state index is 0.345. The van der Waals surface area contributed by atoms with E-state index in [9.17, 15) is 4.79 Å². The van der Waals surface area contributed by atoms with Crippen LogP contribution in [0.4, 0.5) is 0 Å². The van der Waals surface area contributed by atoms with Gasteiger partial charge in [0, 0.05) is 0 Å². The molecule has 0 amide bonds. The van der Waals surface area contributed by atoms with E-state index in [-0.39, 0.29) is 0 Å². The summed E-state index contributed by atoms with van der Waals surface area (Å²) >= 11 is 0. The van der Waals surface area contributed by atoms with Crippen molar-refractivity contribution >= 4 is 5.97 Å². The van der Waals surface area contributed by atoms with Gasteiger partial charge in [-0.15, -0.1) is 0 Å². The second kappa shape index (κ2) is 4.28. The number of aliphatic carboxylic acids is 1. The van der Waals surface area contributed by atoms with Gasteiger partial charge in [-0.2, -0.15) is 5.26 Å². The molecule has 0 aromatic heterocycles. The molecule has 72 valence electrons. The van der Waals surface area contributed by atoms with E-state index in [0.29, 0.717) is 11.3 Å². The summed E-state index contributed by atoms with van der Waals surface area (Å²) in [6.07, 6.45) is 0. The molecular formula is C10H9NO3. The van der Waals surface area contributed by atoms with Gasteiger partial charge in [-0.05, 0) is 18.6 Å². The van der Waals surface area contributed by atoms with E-state index in [1.807, 2.05) is 6.07 Å². The van der Waals surface area contributed by atoms with Crippen LogP contribution >= 0.6 is 0 Å². The SMILES string of the molecule is Cc1cccc(C#N)c1OCC(=O)O. The molecule has 1 rings (SSSR count). The van der Waals surface area contributed by atoms with Crippen molar-refractivity contribution in [3.8, 4) is 11.8 Å². The van der Waals surface area contributed by atoms with E-state index in [1.165, 1.54) is 0 Å². The molecule has 1 aromatic rings. The Morgan fingerprint density at radius 1 is 1.64 bits per heavy atom. The van der Waals surface area contributed by atoms with Crippen LogP contribution in [-0.4, -0.2) is 17.7 Å². The fraction of sp³-hybridized carbons (Fsp3) is 0.200. The van der Waals surface area contributed by atoms with Crippen molar-refractivity contribution in [3.63, 3.8) is 0 Å². The smallest absolute Gasteiger partial charge is 0.341 e. The molecule has 0 aliphatic heterocycles. The van der Waals surface area contributed by atoms with Crippen LogP contribution < -0.4 is 4.74 Å². The summed E-state index contributed by atoms with van der Waals surface area (Å²) in [7, 11) is 0. The number of nitriles is 1. The van der Waals surface area contributed by atoms with Crippen molar-refractivity contribution in [1.82, 2.24) is 0 Å². The summed E-state index contributed by atoms with van der Waals surface area (Å²) in [5, 5.41) is 17.2. The molecule has 0 spiro atoms. The van der Waals surface area contributed by atoms with Crippen LogP contribution in [0, 0.1) is 18.3 Å². The monoisotopic (exact) mass is 191 g/mol. The maximum Gasteiger partial charge on any atom is 0.341 e. The van der Waals surface area contributed by atoms with Crippen LogP contribution in [0.5, 0.6) is 5.75 Å². The van der Waals surface area contributed by atoms with Gasteiger partial charge in [-0.3, -0.25) is 0 Å². The molecule has 0 bridgehead atoms. The van der Waals surface area contributed by atoms with Crippen LogP contribution in [-0.2, 0) is 4.79 Å². The predicted octanol–water partition coefficient (Wildman–Crippen LogP) is 1.33. The first kappa shape index (κ1) is 10.1. The minimum atomic E-state index is -1.06. The second-order valence-corrected chi connectivity index (χ2v) is 2.75. The molecule has 0 radical (unpaired) electrons. The number of rotatable bonds is 3. The molecule has 14 heavy (non-hydrogen) atoms. The molecule has 4 nitrogen and oxygen atoms in total. The third-order valence-electron chi connectivity index (χ3n) is 1.67. The Labute approximate surface area is 81.4 Å². The molecule has 0 aliphatic carbocycles. The Kier molecular flexibility index (Phi) is 3.08. The third-order valence-corrected chi connectivity index (χ3v) is 1.67. The molecular weight excluding hydrogens is 182 g/mol. The number of nitrogens with zero attached hydrogens (tertiary/aromatic N) is 1. The summed E-state index contributed by atoms with van der Waals surface area (Å²) in [5.41, 5.74) is 1.11. The number of ether oxygens (including phenoxy) is 1. The average Bonchev–Trinajstić information content (AvgIpc) is 2.15. The topological polar surface area (TPSA) is 70.3 Å². The Balaban J connectivity index is 2.94. The second-order valence-electron chi connectivity index (χ2n) is 2.75. The van der Waals surface area contributed by atoms with Gasteiger partial charge in [-0.25, -0.2) is 4.79 Å². The first-order valence-corrected chi connectivity index (χ1v) is 3.99. The zero-order valence-corrected chi connectivity index (χ0v) is 7.65. The van der Waals surface area contributed by atoms with Gasteiger partial charge in [0.05, 0.1) is 5.56 Å². The first-order valence-electron chi connectivity index (χ1n) is 3.99. The van der Waals surface area contributed by atoms with Crippen molar-refractivity contribution in [2.45, 2.75) is 6.92 Å².